The molecule has 1 N–H and O–H groups in total. The Labute approximate surface area is 172 Å². The summed E-state index contributed by atoms with van der Waals surface area (Å²) < 4.78 is 31.6. The van der Waals surface area contributed by atoms with Crippen LogP contribution < -0.4 is 10.1 Å². The molecule has 156 valence electrons. The minimum atomic E-state index is -3.58. The molecule has 0 radical (unpaired) electrons. The van der Waals surface area contributed by atoms with Crippen molar-refractivity contribution in [3.8, 4) is 5.75 Å². The van der Waals surface area contributed by atoms with Crippen molar-refractivity contribution in [1.82, 2.24) is 9.62 Å². The summed E-state index contributed by atoms with van der Waals surface area (Å²) in [7, 11) is -2.15. The van der Waals surface area contributed by atoms with Crippen molar-refractivity contribution in [3.63, 3.8) is 0 Å². The lowest BCUT2D eigenvalue weighted by Crippen LogP contribution is -2.46. The molecular weight excluding hydrogens is 388 g/mol. The zero-order valence-corrected chi connectivity index (χ0v) is 18.3. The third-order valence-corrected chi connectivity index (χ3v) is 6.45. The predicted octanol–water partition coefficient (Wildman–Crippen LogP) is 3.35. The first-order valence-electron chi connectivity index (χ1n) is 9.56. The molecule has 1 aliphatic heterocycles. The van der Waals surface area contributed by atoms with E-state index >= 15 is 0 Å². The van der Waals surface area contributed by atoms with Crippen molar-refractivity contribution in [2.75, 3.05) is 13.3 Å². The maximum Gasteiger partial charge on any atom is 0.243 e. The van der Waals surface area contributed by atoms with Crippen molar-refractivity contribution in [3.05, 3.63) is 65.2 Å². The minimum absolute atomic E-state index is 0.277. The van der Waals surface area contributed by atoms with E-state index < -0.39 is 21.7 Å². The largest absolute Gasteiger partial charge is 0.487 e. The summed E-state index contributed by atoms with van der Waals surface area (Å²) >= 11 is 0. The molecule has 1 amide bonds. The van der Waals surface area contributed by atoms with Crippen LogP contribution in [-0.2, 0) is 14.8 Å². The molecule has 2 atom stereocenters. The number of nitrogens with one attached hydrogen (secondary N) is 1. The average Bonchev–Trinajstić information content (AvgIpc) is 2.62. The van der Waals surface area contributed by atoms with Crippen molar-refractivity contribution < 1.29 is 17.9 Å². The number of ether oxygens (including phenoxy) is 1. The molecule has 1 heterocycles. The van der Waals surface area contributed by atoms with E-state index in [1.54, 1.807) is 24.3 Å². The van der Waals surface area contributed by atoms with Gasteiger partial charge in [0.1, 0.15) is 17.4 Å². The molecule has 0 bridgehead atoms. The number of likely N-dealkylation sites (N-methyl/N-ethyl adjacent to an activating group) is 1. The second-order valence-electron chi connectivity index (χ2n) is 8.26. The van der Waals surface area contributed by atoms with Gasteiger partial charge in [-0.1, -0.05) is 48.0 Å². The highest BCUT2D eigenvalue weighted by atomic mass is 32.2. The van der Waals surface area contributed by atoms with Crippen LogP contribution in [0.15, 0.2) is 48.5 Å². The van der Waals surface area contributed by atoms with Gasteiger partial charge in [0.25, 0.3) is 0 Å². The first kappa shape index (κ1) is 21.3. The lowest BCUT2D eigenvalue weighted by atomic mass is 9.88. The highest BCUT2D eigenvalue weighted by Crippen LogP contribution is 2.40. The first-order valence-corrected chi connectivity index (χ1v) is 11.4. The van der Waals surface area contributed by atoms with Gasteiger partial charge in [0.15, 0.2) is 0 Å². The number of nitrogens with zero attached hydrogens (tertiary/aromatic N) is 1. The van der Waals surface area contributed by atoms with Crippen LogP contribution in [0.5, 0.6) is 5.75 Å². The first-order chi connectivity index (χ1) is 13.5. The number of amides is 1. The van der Waals surface area contributed by atoms with Crippen LogP contribution in [0.2, 0.25) is 0 Å². The van der Waals surface area contributed by atoms with E-state index in [1.165, 1.54) is 7.05 Å². The van der Waals surface area contributed by atoms with Gasteiger partial charge in [0, 0.05) is 19.0 Å². The number of hydrogen-bond acceptors (Lipinski definition) is 4. The number of benzene rings is 2. The Bertz CT molecular complexity index is 1000. The fourth-order valence-electron chi connectivity index (χ4n) is 3.71. The van der Waals surface area contributed by atoms with Gasteiger partial charge in [-0.25, -0.2) is 8.42 Å². The second kappa shape index (κ2) is 7.80. The molecule has 0 unspecified atom stereocenters. The topological polar surface area (TPSA) is 75.7 Å². The van der Waals surface area contributed by atoms with E-state index in [1.807, 2.05) is 45.0 Å². The fraction of sp³-hybridized carbons (Fsp3) is 0.409. The molecule has 1 aliphatic rings. The number of rotatable bonds is 5. The van der Waals surface area contributed by atoms with Gasteiger partial charge in [-0.2, -0.15) is 4.31 Å². The molecule has 3 rings (SSSR count). The molecule has 0 aromatic heterocycles. The molecule has 6 nitrogen and oxygen atoms in total. The lowest BCUT2D eigenvalue weighted by molar-refractivity contribution is -0.126. The van der Waals surface area contributed by atoms with Gasteiger partial charge in [0.05, 0.1) is 12.3 Å². The van der Waals surface area contributed by atoms with E-state index in [0.717, 1.165) is 27.4 Å². The predicted molar refractivity (Wildman–Crippen MR) is 113 cm³/mol. The van der Waals surface area contributed by atoms with E-state index in [0.29, 0.717) is 12.0 Å². The third kappa shape index (κ3) is 4.79. The van der Waals surface area contributed by atoms with Gasteiger partial charge in [-0.15, -0.1) is 0 Å². The highest BCUT2D eigenvalue weighted by molar-refractivity contribution is 7.88. The molecule has 2 aromatic rings. The molecule has 0 aliphatic carbocycles. The van der Waals surface area contributed by atoms with Gasteiger partial charge in [0.2, 0.25) is 15.9 Å². The van der Waals surface area contributed by atoms with Gasteiger partial charge in [-0.05, 0) is 32.4 Å². The van der Waals surface area contributed by atoms with E-state index in [4.69, 9.17) is 4.74 Å². The smallest absolute Gasteiger partial charge is 0.243 e. The average molecular weight is 417 g/mol. The quantitative estimate of drug-likeness (QED) is 0.811. The van der Waals surface area contributed by atoms with Crippen LogP contribution >= 0.6 is 0 Å². The molecule has 7 heteroatoms. The molecule has 29 heavy (non-hydrogen) atoms. The Morgan fingerprint density at radius 1 is 1.21 bits per heavy atom. The monoisotopic (exact) mass is 416 g/mol. The minimum Gasteiger partial charge on any atom is -0.487 e. The Morgan fingerprint density at radius 3 is 2.48 bits per heavy atom. The summed E-state index contributed by atoms with van der Waals surface area (Å²) in [6.45, 7) is 5.95. The zero-order chi connectivity index (χ0) is 21.4. The van der Waals surface area contributed by atoms with Crippen LogP contribution in [0.4, 0.5) is 0 Å². The van der Waals surface area contributed by atoms with Gasteiger partial charge >= 0.3 is 0 Å². The molecular formula is C22H28N2O4S. The molecule has 2 aromatic carbocycles. The van der Waals surface area contributed by atoms with Crippen molar-refractivity contribution in [2.24, 2.45) is 0 Å². The summed E-state index contributed by atoms with van der Waals surface area (Å²) in [5, 5.41) is 3.08. The Morgan fingerprint density at radius 2 is 1.86 bits per heavy atom. The van der Waals surface area contributed by atoms with Crippen LogP contribution in [0, 0.1) is 6.92 Å². The summed E-state index contributed by atoms with van der Waals surface area (Å²) in [5.74, 6) is 0.379. The molecule has 0 saturated heterocycles. The SMILES string of the molecule is Cc1ccc2c(c1)[C@H](NC(=O)[C@@H](c1ccccc1)N(C)S(C)(=O)=O)CC(C)(C)O2. The van der Waals surface area contributed by atoms with E-state index in [-0.39, 0.29) is 11.9 Å². The van der Waals surface area contributed by atoms with Crippen LogP contribution in [0.1, 0.15) is 49.0 Å². The van der Waals surface area contributed by atoms with Gasteiger partial charge in [-0.3, -0.25) is 4.79 Å². The Hall–Kier alpha value is -2.38. The number of carbonyl (C=O) groups is 1. The number of sulfonamides is 1. The maximum absolute atomic E-state index is 13.3. The standard InChI is InChI=1S/C22H28N2O4S/c1-15-11-12-19-17(13-15)18(14-22(2,3)28-19)23-21(25)20(24(4)29(5,26)27)16-9-7-6-8-10-16/h6-13,18,20H,14H2,1-5H3,(H,23,25)/t18-,20-/m1/s1. The van der Waals surface area contributed by atoms with Crippen molar-refractivity contribution in [1.29, 1.82) is 0 Å². The Kier molecular flexibility index (Phi) is 5.74. The fourth-order valence-corrected chi connectivity index (χ4v) is 4.31. The number of carbonyl (C=O) groups excluding carboxylic acids is 1. The summed E-state index contributed by atoms with van der Waals surface area (Å²) in [6.07, 6.45) is 1.69. The number of fused-ring (bicyclic) bond motifs is 1. The Balaban J connectivity index is 1.97. The lowest BCUT2D eigenvalue weighted by Gasteiger charge is -2.39. The van der Waals surface area contributed by atoms with Crippen molar-refractivity contribution >= 4 is 15.9 Å². The number of hydrogen-bond donors (Lipinski definition) is 1. The van der Waals surface area contributed by atoms with Gasteiger partial charge < -0.3 is 10.1 Å². The number of aryl methyl sites for hydroxylation is 1. The zero-order valence-electron chi connectivity index (χ0n) is 17.5. The summed E-state index contributed by atoms with van der Waals surface area (Å²) in [5.41, 5.74) is 2.14. The van der Waals surface area contributed by atoms with E-state index in [9.17, 15) is 13.2 Å². The third-order valence-electron chi connectivity index (χ3n) is 5.19. The van der Waals surface area contributed by atoms with Crippen LogP contribution in [0.25, 0.3) is 0 Å². The van der Waals surface area contributed by atoms with E-state index in [2.05, 4.69) is 5.32 Å². The normalized spacial score (nSPS) is 19.2. The summed E-state index contributed by atoms with van der Waals surface area (Å²) in [4.78, 5) is 13.3. The molecule has 0 fully saturated rings. The van der Waals surface area contributed by atoms with Crippen molar-refractivity contribution in [2.45, 2.75) is 44.9 Å². The summed E-state index contributed by atoms with van der Waals surface area (Å²) in [6, 6.07) is 13.6. The second-order valence-corrected chi connectivity index (χ2v) is 10.3. The molecule has 0 spiro atoms. The maximum atomic E-state index is 13.3. The molecule has 0 saturated carbocycles. The van der Waals surface area contributed by atoms with Crippen LogP contribution in [0.3, 0.4) is 0 Å². The highest BCUT2D eigenvalue weighted by Gasteiger charge is 2.37. The van der Waals surface area contributed by atoms with Crippen LogP contribution in [-0.4, -0.2) is 37.5 Å².